The summed E-state index contributed by atoms with van der Waals surface area (Å²) in [5.41, 5.74) is 1.94. The molecule has 0 atom stereocenters. The first-order chi connectivity index (χ1) is 13.3. The van der Waals surface area contributed by atoms with Crippen LogP contribution in [0.5, 0.6) is 11.5 Å². The average molecular weight is 415 g/mol. The smallest absolute Gasteiger partial charge is 0.336 e. The number of carbonyl (C=O) groups is 2. The van der Waals surface area contributed by atoms with Crippen LogP contribution in [0.4, 0.5) is 5.69 Å². The first kappa shape index (κ1) is 19.9. The minimum Gasteiger partial charge on any atom is -0.493 e. The number of aromatic carboxylic acids is 1. The average Bonchev–Trinajstić information content (AvgIpc) is 2.95. The fourth-order valence-electron chi connectivity index (χ4n) is 2.76. The molecule has 1 saturated heterocycles. The van der Waals surface area contributed by atoms with Crippen molar-refractivity contribution in [1.29, 1.82) is 0 Å². The van der Waals surface area contributed by atoms with Crippen LogP contribution in [-0.2, 0) is 4.79 Å². The SMILES string of the molecule is COc1ccc(/C=C2\SC(=S)N(c3ccc(C)c(C(=O)O)c3)C2=O)cc1OC. The van der Waals surface area contributed by atoms with Gasteiger partial charge < -0.3 is 14.6 Å². The zero-order valence-electron chi connectivity index (χ0n) is 15.4. The minimum atomic E-state index is -1.05. The fraction of sp³-hybridized carbons (Fsp3) is 0.150. The van der Waals surface area contributed by atoms with Crippen molar-refractivity contribution in [1.82, 2.24) is 0 Å². The molecule has 0 aliphatic carbocycles. The van der Waals surface area contributed by atoms with E-state index < -0.39 is 5.97 Å². The van der Waals surface area contributed by atoms with E-state index in [9.17, 15) is 14.7 Å². The van der Waals surface area contributed by atoms with Gasteiger partial charge in [0.2, 0.25) is 0 Å². The number of carboxylic acids is 1. The predicted molar refractivity (Wildman–Crippen MR) is 113 cm³/mol. The van der Waals surface area contributed by atoms with Crippen LogP contribution in [0, 0.1) is 6.92 Å². The van der Waals surface area contributed by atoms with E-state index in [1.54, 1.807) is 51.5 Å². The van der Waals surface area contributed by atoms with E-state index in [1.165, 1.54) is 11.0 Å². The predicted octanol–water partition coefficient (Wildman–Crippen LogP) is 4.12. The van der Waals surface area contributed by atoms with Crippen LogP contribution < -0.4 is 14.4 Å². The maximum atomic E-state index is 12.9. The van der Waals surface area contributed by atoms with Gasteiger partial charge in [0, 0.05) is 0 Å². The summed E-state index contributed by atoms with van der Waals surface area (Å²) in [6.45, 7) is 1.70. The molecule has 0 radical (unpaired) electrons. The largest absolute Gasteiger partial charge is 0.493 e. The van der Waals surface area contributed by atoms with E-state index in [0.717, 1.165) is 17.3 Å². The molecular formula is C20H17NO5S2. The second-order valence-corrected chi connectivity index (χ2v) is 7.61. The molecule has 144 valence electrons. The van der Waals surface area contributed by atoms with Crippen molar-refractivity contribution in [2.75, 3.05) is 19.1 Å². The van der Waals surface area contributed by atoms with Gasteiger partial charge >= 0.3 is 5.97 Å². The van der Waals surface area contributed by atoms with Crippen LogP contribution >= 0.6 is 24.0 Å². The van der Waals surface area contributed by atoms with Crippen LogP contribution in [0.2, 0.25) is 0 Å². The molecule has 0 saturated carbocycles. The summed E-state index contributed by atoms with van der Waals surface area (Å²) in [7, 11) is 3.09. The summed E-state index contributed by atoms with van der Waals surface area (Å²) < 4.78 is 10.9. The number of nitrogens with zero attached hydrogens (tertiary/aromatic N) is 1. The third-order valence-electron chi connectivity index (χ3n) is 4.21. The number of hydrogen-bond donors (Lipinski definition) is 1. The molecule has 1 heterocycles. The lowest BCUT2D eigenvalue weighted by Crippen LogP contribution is -2.27. The lowest BCUT2D eigenvalue weighted by atomic mass is 10.1. The van der Waals surface area contributed by atoms with Gasteiger partial charge in [0.1, 0.15) is 0 Å². The van der Waals surface area contributed by atoms with Crippen molar-refractivity contribution in [2.24, 2.45) is 0 Å². The molecule has 1 N–H and O–H groups in total. The summed E-state index contributed by atoms with van der Waals surface area (Å²) in [6, 6.07) is 10.1. The highest BCUT2D eigenvalue weighted by Gasteiger charge is 2.33. The van der Waals surface area contributed by atoms with Crippen molar-refractivity contribution in [3.05, 3.63) is 58.0 Å². The number of ether oxygens (including phenoxy) is 2. The molecule has 0 bridgehead atoms. The fourth-order valence-corrected chi connectivity index (χ4v) is 4.06. The Morgan fingerprint density at radius 1 is 1.14 bits per heavy atom. The zero-order chi connectivity index (χ0) is 20.4. The normalized spacial score (nSPS) is 15.2. The highest BCUT2D eigenvalue weighted by Crippen LogP contribution is 2.37. The summed E-state index contributed by atoms with van der Waals surface area (Å²) in [4.78, 5) is 26.1. The van der Waals surface area contributed by atoms with E-state index in [2.05, 4.69) is 0 Å². The van der Waals surface area contributed by atoms with Gasteiger partial charge in [-0.25, -0.2) is 4.79 Å². The molecule has 1 aliphatic rings. The standard InChI is InChI=1S/C20H17NO5S2/c1-11-4-6-13(10-14(11)19(23)24)21-18(22)17(28-20(21)27)9-12-5-7-15(25-2)16(8-12)26-3/h4-10H,1-3H3,(H,23,24)/b17-9-. The summed E-state index contributed by atoms with van der Waals surface area (Å²) in [5, 5.41) is 9.33. The van der Waals surface area contributed by atoms with Gasteiger partial charge in [0.05, 0.1) is 30.4 Å². The van der Waals surface area contributed by atoms with E-state index in [-0.39, 0.29) is 11.5 Å². The van der Waals surface area contributed by atoms with E-state index in [1.807, 2.05) is 6.07 Å². The monoisotopic (exact) mass is 415 g/mol. The number of hydrogen-bond acceptors (Lipinski definition) is 6. The Morgan fingerprint density at radius 2 is 1.86 bits per heavy atom. The Balaban J connectivity index is 1.95. The molecule has 0 spiro atoms. The first-order valence-electron chi connectivity index (χ1n) is 8.19. The molecule has 1 amide bonds. The van der Waals surface area contributed by atoms with E-state index >= 15 is 0 Å². The van der Waals surface area contributed by atoms with Crippen molar-refractivity contribution in [3.63, 3.8) is 0 Å². The Kier molecular flexibility index (Phi) is 5.71. The number of thiocarbonyl (C=S) groups is 1. The summed E-state index contributed by atoms with van der Waals surface area (Å²) in [6.07, 6.45) is 1.72. The van der Waals surface area contributed by atoms with Crippen LogP contribution in [0.25, 0.3) is 6.08 Å². The lowest BCUT2D eigenvalue weighted by molar-refractivity contribution is -0.113. The Morgan fingerprint density at radius 3 is 2.50 bits per heavy atom. The van der Waals surface area contributed by atoms with Crippen LogP contribution in [0.3, 0.4) is 0 Å². The highest BCUT2D eigenvalue weighted by molar-refractivity contribution is 8.27. The van der Waals surface area contributed by atoms with Gasteiger partial charge in [-0.15, -0.1) is 0 Å². The maximum Gasteiger partial charge on any atom is 0.336 e. The number of anilines is 1. The number of methoxy groups -OCH3 is 2. The maximum absolute atomic E-state index is 12.9. The number of benzene rings is 2. The Bertz CT molecular complexity index is 1020. The van der Waals surface area contributed by atoms with Gasteiger partial charge in [-0.1, -0.05) is 36.1 Å². The second-order valence-electron chi connectivity index (χ2n) is 5.94. The van der Waals surface area contributed by atoms with Gasteiger partial charge in [-0.3, -0.25) is 9.69 Å². The van der Waals surface area contributed by atoms with Crippen LogP contribution in [-0.4, -0.2) is 35.5 Å². The molecule has 2 aromatic rings. The van der Waals surface area contributed by atoms with Gasteiger partial charge in [-0.2, -0.15) is 0 Å². The van der Waals surface area contributed by atoms with Crippen LogP contribution in [0.15, 0.2) is 41.3 Å². The zero-order valence-corrected chi connectivity index (χ0v) is 17.0. The van der Waals surface area contributed by atoms with Crippen molar-refractivity contribution >= 4 is 51.9 Å². The molecule has 1 fully saturated rings. The van der Waals surface area contributed by atoms with Crippen molar-refractivity contribution in [2.45, 2.75) is 6.92 Å². The van der Waals surface area contributed by atoms with Gasteiger partial charge in [0.15, 0.2) is 15.8 Å². The minimum absolute atomic E-state index is 0.135. The molecule has 0 aromatic heterocycles. The molecule has 6 nitrogen and oxygen atoms in total. The topological polar surface area (TPSA) is 76.1 Å². The summed E-state index contributed by atoms with van der Waals surface area (Å²) in [5.74, 6) is -0.208. The third kappa shape index (κ3) is 3.74. The van der Waals surface area contributed by atoms with Gasteiger partial charge in [-0.05, 0) is 48.4 Å². The van der Waals surface area contributed by atoms with Crippen molar-refractivity contribution < 1.29 is 24.2 Å². The molecule has 3 rings (SSSR count). The molecule has 1 aliphatic heterocycles. The Labute approximate surface area is 171 Å². The van der Waals surface area contributed by atoms with Crippen molar-refractivity contribution in [3.8, 4) is 11.5 Å². The first-order valence-corrected chi connectivity index (χ1v) is 9.42. The summed E-state index contributed by atoms with van der Waals surface area (Å²) >= 11 is 6.52. The number of carbonyl (C=O) groups excluding carboxylic acids is 1. The third-order valence-corrected chi connectivity index (χ3v) is 5.51. The quantitative estimate of drug-likeness (QED) is 0.582. The second kappa shape index (κ2) is 8.04. The van der Waals surface area contributed by atoms with Crippen LogP contribution in [0.1, 0.15) is 21.5 Å². The van der Waals surface area contributed by atoms with E-state index in [0.29, 0.717) is 32.0 Å². The number of rotatable bonds is 5. The van der Waals surface area contributed by atoms with Gasteiger partial charge in [0.25, 0.3) is 5.91 Å². The molecular weight excluding hydrogens is 398 g/mol. The Hall–Kier alpha value is -2.84. The number of thioether (sulfide) groups is 1. The molecule has 0 unspecified atom stereocenters. The number of carboxylic acid groups (broad SMARTS) is 1. The number of amides is 1. The van der Waals surface area contributed by atoms with E-state index in [4.69, 9.17) is 21.7 Å². The molecule has 2 aromatic carbocycles. The number of aryl methyl sites for hydroxylation is 1. The lowest BCUT2D eigenvalue weighted by Gasteiger charge is -2.16. The molecule has 8 heteroatoms. The molecule has 28 heavy (non-hydrogen) atoms. The highest BCUT2D eigenvalue weighted by atomic mass is 32.2.